The van der Waals surface area contributed by atoms with Gasteiger partial charge in [0.15, 0.2) is 0 Å². The van der Waals surface area contributed by atoms with Crippen LogP contribution in [0.15, 0.2) is 65.6 Å². The zero-order valence-electron chi connectivity index (χ0n) is 18.1. The van der Waals surface area contributed by atoms with Crippen LogP contribution in [0.5, 0.6) is 11.5 Å². The van der Waals surface area contributed by atoms with Crippen LogP contribution in [0.3, 0.4) is 0 Å². The summed E-state index contributed by atoms with van der Waals surface area (Å²) in [5.74, 6) is -0.744. The maximum atomic E-state index is 13.7. The molecule has 0 bridgehead atoms. The second-order valence-corrected chi connectivity index (χ2v) is 9.28. The molecule has 0 aliphatic carbocycles. The van der Waals surface area contributed by atoms with Crippen molar-refractivity contribution in [3.05, 3.63) is 77.1 Å². The van der Waals surface area contributed by atoms with Gasteiger partial charge >= 0.3 is 0 Å². The summed E-state index contributed by atoms with van der Waals surface area (Å²) in [5, 5.41) is 2.37. The zero-order chi connectivity index (χ0) is 24.2. The predicted molar refractivity (Wildman–Crippen MR) is 125 cm³/mol. The number of ether oxygens (including phenoxy) is 2. The van der Waals surface area contributed by atoms with Gasteiger partial charge in [-0.3, -0.25) is 9.10 Å². The number of anilines is 2. The van der Waals surface area contributed by atoms with Gasteiger partial charge in [-0.2, -0.15) is 0 Å². The lowest BCUT2D eigenvalue weighted by molar-refractivity contribution is -0.114. The Kier molecular flexibility index (Phi) is 7.45. The molecule has 0 fully saturated rings. The van der Waals surface area contributed by atoms with Crippen molar-refractivity contribution in [2.45, 2.75) is 11.8 Å². The van der Waals surface area contributed by atoms with Crippen molar-refractivity contribution >= 4 is 38.9 Å². The Morgan fingerprint density at radius 3 is 2.48 bits per heavy atom. The van der Waals surface area contributed by atoms with E-state index in [9.17, 15) is 17.6 Å². The van der Waals surface area contributed by atoms with Crippen LogP contribution in [0.1, 0.15) is 5.56 Å². The molecule has 0 saturated carbocycles. The van der Waals surface area contributed by atoms with Gasteiger partial charge in [-0.05, 0) is 55.0 Å². The molecule has 10 heteroatoms. The van der Waals surface area contributed by atoms with Crippen LogP contribution in [-0.4, -0.2) is 35.1 Å². The third kappa shape index (κ3) is 5.55. The smallest absolute Gasteiger partial charge is 0.268 e. The summed E-state index contributed by atoms with van der Waals surface area (Å²) in [4.78, 5) is 12.7. The Bertz CT molecular complexity index is 1280. The number of carbonyl (C=O) groups excluding carboxylic acids is 1. The molecule has 3 rings (SSSR count). The fraction of sp³-hybridized carbons (Fsp3) is 0.174. The first-order valence-electron chi connectivity index (χ1n) is 9.72. The number of rotatable bonds is 8. The summed E-state index contributed by atoms with van der Waals surface area (Å²) in [6.07, 6.45) is 0. The monoisotopic (exact) mass is 492 g/mol. The van der Waals surface area contributed by atoms with Gasteiger partial charge in [0.25, 0.3) is 10.0 Å². The lowest BCUT2D eigenvalue weighted by atomic mass is 10.2. The molecular formula is C23H22ClFN2O5S. The molecule has 3 aromatic carbocycles. The second kappa shape index (κ2) is 10.1. The standard InChI is InChI=1S/C23H22ClFN2O5S/c1-15-7-10-21(32-3)22(11-15)33(29,30)27(17-5-4-6-18(13-17)31-2)14-23(28)26-16-8-9-20(25)19(24)12-16/h4-13H,14H2,1-3H3,(H,26,28). The number of methoxy groups -OCH3 is 2. The summed E-state index contributed by atoms with van der Waals surface area (Å²) in [6.45, 7) is 1.18. The normalized spacial score (nSPS) is 11.1. The molecule has 0 aliphatic rings. The molecule has 0 spiro atoms. The molecule has 0 saturated heterocycles. The summed E-state index contributed by atoms with van der Waals surface area (Å²) >= 11 is 5.77. The second-order valence-electron chi connectivity index (χ2n) is 7.04. The third-order valence-corrected chi connectivity index (χ3v) is 6.80. The molecule has 174 valence electrons. The molecule has 3 aromatic rings. The van der Waals surface area contributed by atoms with Gasteiger partial charge in [-0.15, -0.1) is 0 Å². The van der Waals surface area contributed by atoms with Crippen molar-refractivity contribution in [2.75, 3.05) is 30.4 Å². The average Bonchev–Trinajstić information content (AvgIpc) is 2.79. The minimum atomic E-state index is -4.24. The number of amides is 1. The van der Waals surface area contributed by atoms with E-state index in [4.69, 9.17) is 21.1 Å². The van der Waals surface area contributed by atoms with E-state index in [2.05, 4.69) is 5.32 Å². The number of hydrogen-bond acceptors (Lipinski definition) is 5. The van der Waals surface area contributed by atoms with E-state index in [0.717, 1.165) is 10.4 Å². The highest BCUT2D eigenvalue weighted by Crippen LogP contribution is 2.32. The highest BCUT2D eigenvalue weighted by Gasteiger charge is 2.30. The SMILES string of the molecule is COc1cccc(N(CC(=O)Nc2ccc(F)c(Cl)c2)S(=O)(=O)c2cc(C)ccc2OC)c1. The van der Waals surface area contributed by atoms with Crippen LogP contribution in [0.4, 0.5) is 15.8 Å². The fourth-order valence-electron chi connectivity index (χ4n) is 3.09. The molecule has 1 amide bonds. The van der Waals surface area contributed by atoms with Crippen LogP contribution < -0.4 is 19.1 Å². The maximum absolute atomic E-state index is 13.7. The van der Waals surface area contributed by atoms with Crippen molar-refractivity contribution in [1.82, 2.24) is 0 Å². The minimum absolute atomic E-state index is 0.0922. The van der Waals surface area contributed by atoms with E-state index in [1.165, 1.54) is 38.5 Å². The van der Waals surface area contributed by atoms with Crippen molar-refractivity contribution < 1.29 is 27.1 Å². The van der Waals surface area contributed by atoms with Gasteiger partial charge in [0.2, 0.25) is 5.91 Å². The molecule has 0 heterocycles. The highest BCUT2D eigenvalue weighted by molar-refractivity contribution is 7.93. The van der Waals surface area contributed by atoms with E-state index in [1.807, 2.05) is 0 Å². The number of carbonyl (C=O) groups is 1. The zero-order valence-corrected chi connectivity index (χ0v) is 19.7. The molecule has 0 radical (unpaired) electrons. The van der Waals surface area contributed by atoms with E-state index >= 15 is 0 Å². The molecular weight excluding hydrogens is 471 g/mol. The Hall–Kier alpha value is -3.30. The van der Waals surface area contributed by atoms with E-state index in [-0.39, 0.29) is 27.0 Å². The first-order valence-corrected chi connectivity index (χ1v) is 11.5. The highest BCUT2D eigenvalue weighted by atomic mass is 35.5. The number of hydrogen-bond donors (Lipinski definition) is 1. The van der Waals surface area contributed by atoms with Gasteiger partial charge in [-0.1, -0.05) is 23.7 Å². The summed E-state index contributed by atoms with van der Waals surface area (Å²) < 4.78 is 52.3. The van der Waals surface area contributed by atoms with Crippen LogP contribution in [-0.2, 0) is 14.8 Å². The quantitative estimate of drug-likeness (QED) is 0.495. The first-order chi connectivity index (χ1) is 15.6. The predicted octanol–water partition coefficient (Wildman–Crippen LogP) is 4.64. The molecule has 0 unspecified atom stereocenters. The van der Waals surface area contributed by atoms with E-state index in [0.29, 0.717) is 11.3 Å². The number of nitrogens with one attached hydrogen (secondary N) is 1. The molecule has 0 aliphatic heterocycles. The number of sulfonamides is 1. The van der Waals surface area contributed by atoms with Crippen LogP contribution in [0, 0.1) is 12.7 Å². The molecule has 7 nitrogen and oxygen atoms in total. The number of nitrogens with zero attached hydrogens (tertiary/aromatic N) is 1. The fourth-order valence-corrected chi connectivity index (χ4v) is 4.93. The Labute approximate surface area is 196 Å². The Morgan fingerprint density at radius 1 is 1.06 bits per heavy atom. The van der Waals surface area contributed by atoms with E-state index < -0.39 is 28.3 Å². The average molecular weight is 493 g/mol. The molecule has 0 aromatic heterocycles. The van der Waals surface area contributed by atoms with Gasteiger partial charge in [0, 0.05) is 11.8 Å². The van der Waals surface area contributed by atoms with Crippen LogP contribution in [0.25, 0.3) is 0 Å². The summed E-state index contributed by atoms with van der Waals surface area (Å²) in [6, 6.07) is 14.7. The van der Waals surface area contributed by atoms with Gasteiger partial charge in [-0.25, -0.2) is 12.8 Å². The lowest BCUT2D eigenvalue weighted by Crippen LogP contribution is -2.38. The van der Waals surface area contributed by atoms with Crippen molar-refractivity contribution in [3.8, 4) is 11.5 Å². The Balaban J connectivity index is 2.03. The lowest BCUT2D eigenvalue weighted by Gasteiger charge is -2.25. The summed E-state index contributed by atoms with van der Waals surface area (Å²) in [5.41, 5.74) is 1.14. The topological polar surface area (TPSA) is 84.9 Å². The van der Waals surface area contributed by atoms with Crippen molar-refractivity contribution in [3.63, 3.8) is 0 Å². The number of benzene rings is 3. The maximum Gasteiger partial charge on any atom is 0.268 e. The van der Waals surface area contributed by atoms with Crippen LogP contribution in [0.2, 0.25) is 5.02 Å². The molecule has 33 heavy (non-hydrogen) atoms. The van der Waals surface area contributed by atoms with Gasteiger partial charge < -0.3 is 14.8 Å². The van der Waals surface area contributed by atoms with Crippen molar-refractivity contribution in [2.24, 2.45) is 0 Å². The third-order valence-electron chi connectivity index (χ3n) is 4.72. The molecule has 1 N–H and O–H groups in total. The van der Waals surface area contributed by atoms with Crippen LogP contribution >= 0.6 is 11.6 Å². The molecule has 0 atom stereocenters. The number of aryl methyl sites for hydroxylation is 1. The van der Waals surface area contributed by atoms with Crippen molar-refractivity contribution in [1.29, 1.82) is 0 Å². The minimum Gasteiger partial charge on any atom is -0.497 e. The largest absolute Gasteiger partial charge is 0.497 e. The first kappa shape index (κ1) is 24.3. The number of halogens is 2. The van der Waals surface area contributed by atoms with E-state index in [1.54, 1.807) is 37.3 Å². The van der Waals surface area contributed by atoms with Gasteiger partial charge in [0.05, 0.1) is 24.9 Å². The Morgan fingerprint density at radius 2 is 1.82 bits per heavy atom. The van der Waals surface area contributed by atoms with Gasteiger partial charge in [0.1, 0.15) is 28.8 Å². The summed E-state index contributed by atoms with van der Waals surface area (Å²) in [7, 11) is -1.42.